The molecule has 134 valence electrons. The predicted octanol–water partition coefficient (Wildman–Crippen LogP) is 4.38. The van der Waals surface area contributed by atoms with E-state index in [2.05, 4.69) is 32.6 Å². The second kappa shape index (κ2) is 7.25. The number of carboxylic acids is 1. The lowest BCUT2D eigenvalue weighted by atomic mass is 9.95. The molecule has 1 atom stereocenters. The topological polar surface area (TPSA) is 73.7 Å². The number of carboxylic acid groups (broad SMARTS) is 1. The lowest BCUT2D eigenvalue weighted by Crippen LogP contribution is -2.36. The molecule has 0 saturated carbocycles. The summed E-state index contributed by atoms with van der Waals surface area (Å²) in [7, 11) is 0. The Kier molecular flexibility index (Phi) is 4.64. The summed E-state index contributed by atoms with van der Waals surface area (Å²) in [4.78, 5) is 15.9. The van der Waals surface area contributed by atoms with Gasteiger partial charge in [-0.2, -0.15) is 0 Å². The van der Waals surface area contributed by atoms with Crippen LogP contribution in [-0.2, 0) is 0 Å². The standard InChI is InChI=1S/C21H16BrN3O2/c22-15-9-10-18-17(12-15)19(13-5-2-1-3-6-13)25-21(24-18)23-16-8-4-7-14(11-16)20(26)27/h1-12,18H,(H,26,27)(H2,23,24,25)/t18-/m0/s1. The van der Waals surface area contributed by atoms with Crippen LogP contribution in [0, 0.1) is 0 Å². The molecule has 0 unspecified atom stereocenters. The van der Waals surface area contributed by atoms with E-state index < -0.39 is 5.97 Å². The van der Waals surface area contributed by atoms with Crippen LogP contribution in [0.2, 0.25) is 0 Å². The first-order valence-corrected chi connectivity index (χ1v) is 9.19. The third-order valence-corrected chi connectivity index (χ3v) is 4.78. The fourth-order valence-electron chi connectivity index (χ4n) is 3.04. The fourth-order valence-corrected chi connectivity index (χ4v) is 3.44. The second-order valence-electron chi connectivity index (χ2n) is 6.14. The summed E-state index contributed by atoms with van der Waals surface area (Å²) in [6.07, 6.45) is 6.07. The molecular weight excluding hydrogens is 406 g/mol. The second-order valence-corrected chi connectivity index (χ2v) is 7.06. The first-order valence-electron chi connectivity index (χ1n) is 8.40. The Balaban J connectivity index is 1.68. The maximum atomic E-state index is 11.2. The molecule has 6 heteroatoms. The number of anilines is 1. The van der Waals surface area contributed by atoms with Gasteiger partial charge in [0.05, 0.1) is 17.3 Å². The number of nitrogens with one attached hydrogen (secondary N) is 2. The summed E-state index contributed by atoms with van der Waals surface area (Å²) in [5.41, 5.74) is 3.97. The molecule has 1 aliphatic carbocycles. The Hall–Kier alpha value is -3.12. The van der Waals surface area contributed by atoms with Gasteiger partial charge in [0.2, 0.25) is 5.96 Å². The number of nitrogens with zero attached hydrogens (tertiary/aromatic N) is 1. The van der Waals surface area contributed by atoms with Gasteiger partial charge in [-0.25, -0.2) is 9.79 Å². The van der Waals surface area contributed by atoms with Crippen LogP contribution < -0.4 is 10.6 Å². The molecule has 0 bridgehead atoms. The minimum atomic E-state index is -0.963. The third kappa shape index (κ3) is 3.71. The molecule has 2 aromatic rings. The molecule has 4 rings (SSSR count). The van der Waals surface area contributed by atoms with Gasteiger partial charge < -0.3 is 15.7 Å². The molecule has 0 radical (unpaired) electrons. The Labute approximate surface area is 165 Å². The van der Waals surface area contributed by atoms with Crippen LogP contribution in [-0.4, -0.2) is 23.1 Å². The van der Waals surface area contributed by atoms with Crippen LogP contribution in [0.5, 0.6) is 0 Å². The van der Waals surface area contributed by atoms with Crippen molar-refractivity contribution < 1.29 is 9.90 Å². The Morgan fingerprint density at radius 2 is 1.96 bits per heavy atom. The van der Waals surface area contributed by atoms with Crippen LogP contribution in [0.15, 0.2) is 87.9 Å². The zero-order chi connectivity index (χ0) is 18.8. The zero-order valence-corrected chi connectivity index (χ0v) is 15.8. The SMILES string of the molecule is O=C(O)c1cccc(NC2=N[C@H]3C=CC(Br)=CC3=C(c3ccccc3)N2)c1. The minimum Gasteiger partial charge on any atom is -0.478 e. The monoisotopic (exact) mass is 421 g/mol. The maximum absolute atomic E-state index is 11.2. The van der Waals surface area contributed by atoms with E-state index in [9.17, 15) is 9.90 Å². The predicted molar refractivity (Wildman–Crippen MR) is 111 cm³/mol. The van der Waals surface area contributed by atoms with E-state index in [4.69, 9.17) is 4.99 Å². The number of allylic oxidation sites excluding steroid dienone is 2. The number of rotatable bonds is 3. The van der Waals surface area contributed by atoms with E-state index in [-0.39, 0.29) is 11.6 Å². The van der Waals surface area contributed by atoms with Crippen molar-refractivity contribution in [3.05, 3.63) is 94.0 Å². The van der Waals surface area contributed by atoms with Gasteiger partial charge in [-0.05, 0) is 35.9 Å². The lowest BCUT2D eigenvalue weighted by molar-refractivity contribution is 0.0697. The van der Waals surface area contributed by atoms with Crippen molar-refractivity contribution in [2.45, 2.75) is 6.04 Å². The zero-order valence-electron chi connectivity index (χ0n) is 14.2. The molecule has 1 heterocycles. The number of aromatic carboxylic acids is 1. The molecule has 1 aliphatic heterocycles. The summed E-state index contributed by atoms with van der Waals surface area (Å²) in [6.45, 7) is 0. The van der Waals surface area contributed by atoms with E-state index >= 15 is 0 Å². The van der Waals surface area contributed by atoms with Gasteiger partial charge in [-0.15, -0.1) is 0 Å². The average Bonchev–Trinajstić information content (AvgIpc) is 2.68. The number of hydrogen-bond donors (Lipinski definition) is 3. The Morgan fingerprint density at radius 3 is 2.74 bits per heavy atom. The summed E-state index contributed by atoms with van der Waals surface area (Å²) in [6, 6.07) is 16.6. The highest BCUT2D eigenvalue weighted by molar-refractivity contribution is 9.11. The highest BCUT2D eigenvalue weighted by Crippen LogP contribution is 2.31. The molecule has 5 nitrogen and oxygen atoms in total. The summed E-state index contributed by atoms with van der Waals surface area (Å²) in [5, 5.41) is 15.7. The average molecular weight is 422 g/mol. The highest BCUT2D eigenvalue weighted by Gasteiger charge is 2.24. The maximum Gasteiger partial charge on any atom is 0.335 e. The first kappa shape index (κ1) is 17.3. The van der Waals surface area contributed by atoms with Crippen LogP contribution in [0.25, 0.3) is 5.70 Å². The molecule has 2 aliphatic rings. The summed E-state index contributed by atoms with van der Waals surface area (Å²) < 4.78 is 0.991. The van der Waals surface area contributed by atoms with Gasteiger partial charge in [0.1, 0.15) is 0 Å². The van der Waals surface area contributed by atoms with Crippen LogP contribution in [0.4, 0.5) is 5.69 Å². The van der Waals surface area contributed by atoms with Crippen molar-refractivity contribution in [3.8, 4) is 0 Å². The van der Waals surface area contributed by atoms with E-state index in [1.807, 2.05) is 48.6 Å². The van der Waals surface area contributed by atoms with Gasteiger partial charge in [0, 0.05) is 15.7 Å². The van der Waals surface area contributed by atoms with Crippen LogP contribution in [0.1, 0.15) is 15.9 Å². The number of carbonyl (C=O) groups is 1. The van der Waals surface area contributed by atoms with Crippen molar-refractivity contribution in [1.29, 1.82) is 0 Å². The summed E-state index contributed by atoms with van der Waals surface area (Å²) in [5.74, 6) is -0.393. The first-order chi connectivity index (χ1) is 13.1. The van der Waals surface area contributed by atoms with Crippen molar-refractivity contribution in [3.63, 3.8) is 0 Å². The van der Waals surface area contributed by atoms with E-state index in [0.29, 0.717) is 11.6 Å². The minimum absolute atomic E-state index is 0.118. The number of hydrogen-bond acceptors (Lipinski definition) is 4. The number of benzene rings is 2. The van der Waals surface area contributed by atoms with Crippen molar-refractivity contribution in [2.75, 3.05) is 5.32 Å². The molecule has 2 aromatic carbocycles. The van der Waals surface area contributed by atoms with Gasteiger partial charge in [0.15, 0.2) is 0 Å². The fraction of sp³-hybridized carbons (Fsp3) is 0.0476. The number of fused-ring (bicyclic) bond motifs is 1. The molecule has 0 saturated heterocycles. The van der Waals surface area contributed by atoms with Crippen LogP contribution in [0.3, 0.4) is 0 Å². The van der Waals surface area contributed by atoms with E-state index in [1.165, 1.54) is 0 Å². The number of aliphatic imine (C=N–C) groups is 1. The van der Waals surface area contributed by atoms with Crippen molar-refractivity contribution in [2.24, 2.45) is 4.99 Å². The molecular formula is C21H16BrN3O2. The van der Waals surface area contributed by atoms with Gasteiger partial charge in [-0.3, -0.25) is 0 Å². The van der Waals surface area contributed by atoms with E-state index in [0.717, 1.165) is 21.3 Å². The normalized spacial score (nSPS) is 18.2. The largest absolute Gasteiger partial charge is 0.478 e. The molecule has 0 aromatic heterocycles. The molecule has 0 fully saturated rings. The Morgan fingerprint density at radius 1 is 1.15 bits per heavy atom. The third-order valence-electron chi connectivity index (χ3n) is 4.28. The number of guanidine groups is 1. The lowest BCUT2D eigenvalue weighted by Gasteiger charge is -2.28. The molecule has 3 N–H and O–H groups in total. The van der Waals surface area contributed by atoms with Gasteiger partial charge >= 0.3 is 5.97 Å². The van der Waals surface area contributed by atoms with Crippen molar-refractivity contribution in [1.82, 2.24) is 5.32 Å². The molecule has 0 amide bonds. The number of halogens is 1. The van der Waals surface area contributed by atoms with Crippen molar-refractivity contribution >= 4 is 39.2 Å². The summed E-state index contributed by atoms with van der Waals surface area (Å²) >= 11 is 3.53. The van der Waals surface area contributed by atoms with Gasteiger partial charge in [-0.1, -0.05) is 58.4 Å². The molecule has 0 spiro atoms. The van der Waals surface area contributed by atoms with Crippen LogP contribution >= 0.6 is 15.9 Å². The molecule has 27 heavy (non-hydrogen) atoms. The highest BCUT2D eigenvalue weighted by atomic mass is 79.9. The van der Waals surface area contributed by atoms with E-state index in [1.54, 1.807) is 18.2 Å². The Bertz CT molecular complexity index is 1020. The van der Waals surface area contributed by atoms with Gasteiger partial charge in [0.25, 0.3) is 0 Å². The smallest absolute Gasteiger partial charge is 0.335 e. The quantitative estimate of drug-likeness (QED) is 0.686.